The van der Waals surface area contributed by atoms with E-state index in [1.165, 1.54) is 9.80 Å². The number of para-hydroxylation sites is 1. The van der Waals surface area contributed by atoms with Crippen molar-refractivity contribution in [3.05, 3.63) is 108 Å². The van der Waals surface area contributed by atoms with Crippen LogP contribution >= 0.6 is 11.8 Å². The van der Waals surface area contributed by atoms with Crippen molar-refractivity contribution in [3.63, 3.8) is 0 Å². The normalized spacial score (nSPS) is 16.6. The number of hydrogen-bond acceptors (Lipinski definition) is 18. The number of fused-ring (bicyclic) bond motifs is 1. The minimum atomic E-state index is -1.28. The fourth-order valence-corrected chi connectivity index (χ4v) is 11.9. The third-order valence-corrected chi connectivity index (χ3v) is 17.4. The summed E-state index contributed by atoms with van der Waals surface area (Å²) >= 11 is 1.56. The van der Waals surface area contributed by atoms with Crippen LogP contribution in [0.25, 0.3) is 10.9 Å². The zero-order valence-corrected chi connectivity index (χ0v) is 57.8. The first-order valence-electron chi connectivity index (χ1n) is 34.8. The van der Waals surface area contributed by atoms with Crippen LogP contribution in [-0.4, -0.2) is 205 Å². The number of guanidine groups is 1. The summed E-state index contributed by atoms with van der Waals surface area (Å²) in [6, 6.07) is 16.5. The van der Waals surface area contributed by atoms with Crippen molar-refractivity contribution < 1.29 is 60.2 Å². The van der Waals surface area contributed by atoms with Crippen LogP contribution in [0.5, 0.6) is 0 Å². The van der Waals surface area contributed by atoms with Gasteiger partial charge in [-0.05, 0) is 118 Å². The van der Waals surface area contributed by atoms with Crippen molar-refractivity contribution in [1.82, 2.24) is 57.5 Å². The van der Waals surface area contributed by atoms with Gasteiger partial charge in [-0.3, -0.25) is 48.1 Å². The summed E-state index contributed by atoms with van der Waals surface area (Å²) < 4.78 is 20.6. The van der Waals surface area contributed by atoms with E-state index in [0.29, 0.717) is 87.9 Å². The van der Waals surface area contributed by atoms with Gasteiger partial charge >= 0.3 is 0 Å². The van der Waals surface area contributed by atoms with Crippen LogP contribution in [0, 0.1) is 5.92 Å². The number of thioether (sulfide) groups is 1. The Balaban J connectivity index is 0.000000529. The Kier molecular flexibility index (Phi) is 34.7. The number of carbonyl (C=O) groups is 11. The van der Waals surface area contributed by atoms with Gasteiger partial charge in [0.2, 0.25) is 53.2 Å². The number of hydrogen-bond donors (Lipinski definition) is 14. The molecular formula is C69H103N17O12S. The highest BCUT2D eigenvalue weighted by atomic mass is 32.2. The fraction of sp³-hybridized carbons (Fsp3) is 0.536. The van der Waals surface area contributed by atoms with Gasteiger partial charge in [0.25, 0.3) is 0 Å². The third-order valence-electron chi connectivity index (χ3n) is 16.8. The van der Waals surface area contributed by atoms with E-state index in [4.69, 9.17) is 36.1 Å². The predicted octanol–water partition coefficient (Wildman–Crippen LogP) is -0.234. The second kappa shape index (κ2) is 44.3. The molecule has 2 saturated heterocycles. The number of aromatic nitrogens is 1. The number of carbonyl (C=O) groups excluding carboxylic acids is 11. The molecule has 6 rings (SSSR count). The number of nitrogens with one attached hydrogen (secondary N) is 9. The molecule has 0 saturated carbocycles. The van der Waals surface area contributed by atoms with E-state index in [-0.39, 0.29) is 107 Å². The van der Waals surface area contributed by atoms with Crippen LogP contribution in [-0.2, 0) is 76.7 Å². The standard InChI is InChI=1S/C51H71N13O7.C18H32N4O5S/c1-32(2)44(45(53)66)61-49(70)43-23-14-26-64(43)50(71)39(22-11-12-24-52)58-46(67)40(27-33-15-5-3-6-16-33)59-47(68)41(29-35-30-57-38-21-10-9-20-37(35)38)60-48(69)42(28-34-17-7-4-8-18-34)63-62-36(31-65)19-13-25-56-51(54)55;1-28-12-6-15(18(26)22-9-2-3-14(22)13-23)21-17(25)5-10-27-11-8-20-16(24)4-7-19/h3-10,15-18,20-21,30-32,36,39-44,57,62-63H,11-14,19,22-29,52H2,1-2H3,(H2,53,66)(H,58,67)(H,59,68)(H,60,69)(H,61,70)(H4,54,55,56);13-15H,2-12,19H2,1H3,(H,20,24)(H,21,25)/t36-,39?,40-,41?,42-,43-,44-;14-,15-/m00/s1/i31D;13D. The Morgan fingerprint density at radius 1 is 0.667 bits per heavy atom. The predicted molar refractivity (Wildman–Crippen MR) is 379 cm³/mol. The highest BCUT2D eigenvalue weighted by Gasteiger charge is 2.40. The van der Waals surface area contributed by atoms with Crippen molar-refractivity contribution in [3.8, 4) is 0 Å². The quantitative estimate of drug-likeness (QED) is 0.00894. The summed E-state index contributed by atoms with van der Waals surface area (Å²) in [5.41, 5.74) is 36.4. The first-order valence-corrected chi connectivity index (χ1v) is 35.2. The molecule has 30 heteroatoms. The number of nitrogens with zero attached hydrogens (tertiary/aromatic N) is 3. The van der Waals surface area contributed by atoms with Crippen LogP contribution in [0.4, 0.5) is 0 Å². The number of aldehydes is 2. The maximum absolute atomic E-state index is 14.9. The molecule has 99 heavy (non-hydrogen) atoms. The van der Waals surface area contributed by atoms with Gasteiger partial charge in [0.05, 0.1) is 25.3 Å². The van der Waals surface area contributed by atoms with E-state index in [2.05, 4.69) is 52.7 Å². The van der Waals surface area contributed by atoms with E-state index in [0.717, 1.165) is 16.5 Å². The molecule has 0 radical (unpaired) electrons. The number of likely N-dealkylation sites (tertiary alicyclic amines) is 2. The smallest absolute Gasteiger partial charge is 0.245 e. The van der Waals surface area contributed by atoms with Crippen molar-refractivity contribution >= 4 is 94.3 Å². The Labute approximate surface area is 586 Å². The molecule has 2 unspecified atom stereocenters. The summed E-state index contributed by atoms with van der Waals surface area (Å²) in [7, 11) is 0. The lowest BCUT2D eigenvalue weighted by Gasteiger charge is -2.31. The van der Waals surface area contributed by atoms with Crippen LogP contribution in [0.1, 0.15) is 110 Å². The van der Waals surface area contributed by atoms with Crippen molar-refractivity contribution in [1.29, 1.82) is 0 Å². The molecule has 19 N–H and O–H groups in total. The van der Waals surface area contributed by atoms with E-state index >= 15 is 0 Å². The number of amides is 9. The minimum absolute atomic E-state index is 0.00214. The Morgan fingerprint density at radius 3 is 1.90 bits per heavy atom. The molecule has 0 bridgehead atoms. The molecule has 29 nitrogen and oxygen atoms in total. The third kappa shape index (κ3) is 27.8. The maximum atomic E-state index is 14.9. The van der Waals surface area contributed by atoms with Crippen LogP contribution < -0.4 is 71.4 Å². The van der Waals surface area contributed by atoms with Crippen molar-refractivity contribution in [2.24, 2.45) is 39.6 Å². The van der Waals surface area contributed by atoms with Gasteiger partial charge in [0.1, 0.15) is 57.6 Å². The SMILES string of the molecule is [2H]C(=O)[C@@H]1CCCN1C(=O)[C@H](CCSC)NC(=O)CCOCCNC(=O)CCN.[2H]C(=O)[C@H](CCCN=C(N)N)NN[C@@H](Cc1ccccc1)C(=O)NC(Cc1c[nH]c2ccccc12)C(=O)N[C@@H](Cc1ccccc1)C(=O)NC(CCCCN)C(=O)N1CCC[C@H]1C(=O)N[C@H](C(N)=O)C(C)C. The lowest BCUT2D eigenvalue weighted by atomic mass is 10.00. The van der Waals surface area contributed by atoms with Gasteiger partial charge in [0, 0.05) is 75.5 Å². The Hall–Kier alpha value is -8.81. The first-order chi connectivity index (χ1) is 48.5. The zero-order valence-electron chi connectivity index (χ0n) is 58.9. The molecule has 9 atom stereocenters. The molecule has 542 valence electrons. The molecule has 4 aromatic rings. The first kappa shape index (κ1) is 77.5. The van der Waals surface area contributed by atoms with Crippen LogP contribution in [0.3, 0.4) is 0 Å². The topological polar surface area (TPSA) is 458 Å². The minimum Gasteiger partial charge on any atom is -0.379 e. The number of primary amides is 1. The number of aliphatic imine (C=N–C) groups is 1. The van der Waals surface area contributed by atoms with E-state index < -0.39 is 102 Å². The number of rotatable bonds is 43. The molecule has 1 aromatic heterocycles. The number of H-pyrrole nitrogens is 1. The van der Waals surface area contributed by atoms with Crippen LogP contribution in [0.15, 0.2) is 96.1 Å². The van der Waals surface area contributed by atoms with Gasteiger partial charge in [-0.2, -0.15) is 11.8 Å². The molecule has 2 aliphatic rings. The monoisotopic (exact) mass is 1400 g/mol. The van der Waals surface area contributed by atoms with Gasteiger partial charge in [-0.25, -0.2) is 10.9 Å². The molecule has 2 fully saturated rings. The number of ether oxygens (including phenoxy) is 1. The van der Waals surface area contributed by atoms with E-state index in [1.54, 1.807) is 56.1 Å². The maximum Gasteiger partial charge on any atom is 0.245 e. The molecule has 0 aliphatic carbocycles. The van der Waals surface area contributed by atoms with Crippen molar-refractivity contribution in [2.45, 2.75) is 165 Å². The highest BCUT2D eigenvalue weighted by Crippen LogP contribution is 2.23. The highest BCUT2D eigenvalue weighted by molar-refractivity contribution is 7.98. The number of unbranched alkanes of at least 4 members (excludes halogenated alkanes) is 1. The zero-order chi connectivity index (χ0) is 73.8. The van der Waals surface area contributed by atoms with E-state index in [9.17, 15) is 52.7 Å². The molecule has 9 amide bonds. The second-order valence-electron chi connectivity index (χ2n) is 24.7. The lowest BCUT2D eigenvalue weighted by Crippen LogP contribution is -2.61. The number of benzene rings is 3. The molecular weight excluding hydrogens is 1290 g/mol. The fourth-order valence-electron chi connectivity index (χ4n) is 11.5. The van der Waals surface area contributed by atoms with Crippen LogP contribution in [0.2, 0.25) is 0 Å². The average Bonchev–Trinajstić information content (AvgIpc) is 1.73. The van der Waals surface area contributed by atoms with Gasteiger partial charge in [-0.15, -0.1) is 0 Å². The second-order valence-corrected chi connectivity index (χ2v) is 25.6. The number of hydrazine groups is 1. The van der Waals surface area contributed by atoms with Crippen molar-refractivity contribution in [2.75, 3.05) is 64.5 Å². The molecule has 0 spiro atoms. The average molecular weight is 1400 g/mol. The van der Waals surface area contributed by atoms with Gasteiger partial charge < -0.3 is 89.7 Å². The molecule has 3 heterocycles. The van der Waals surface area contributed by atoms with E-state index in [1.807, 2.05) is 66.9 Å². The molecule has 3 aromatic carbocycles. The summed E-state index contributed by atoms with van der Waals surface area (Å²) in [6.07, 6.45) is 6.60. The summed E-state index contributed by atoms with van der Waals surface area (Å²) in [6.45, 7) is 5.79. The van der Waals surface area contributed by atoms with Gasteiger partial charge in [-0.1, -0.05) is 92.7 Å². The lowest BCUT2D eigenvalue weighted by molar-refractivity contribution is -0.142. The largest absolute Gasteiger partial charge is 0.379 e. The number of nitrogens with two attached hydrogens (primary N) is 5. The molecule has 2 aliphatic heterocycles. The summed E-state index contributed by atoms with van der Waals surface area (Å²) in [5, 5.41) is 17.6. The van der Waals surface area contributed by atoms with Gasteiger partial charge in [0.15, 0.2) is 5.96 Å². The summed E-state index contributed by atoms with van der Waals surface area (Å²) in [4.78, 5) is 155. The summed E-state index contributed by atoms with van der Waals surface area (Å²) in [5.74, 6) is -4.21. The Bertz CT molecular complexity index is 3370. The number of aromatic amines is 1. The Morgan fingerprint density at radius 2 is 1.27 bits per heavy atom.